The van der Waals surface area contributed by atoms with Crippen LogP contribution in [0.4, 0.5) is 17.6 Å². The first-order valence-electron chi connectivity index (χ1n) is 12.1. The normalized spacial score (nSPS) is 19.9. The van der Waals surface area contributed by atoms with E-state index in [2.05, 4.69) is 9.71 Å². The van der Waals surface area contributed by atoms with Gasteiger partial charge in [-0.1, -0.05) is 42.5 Å². The summed E-state index contributed by atoms with van der Waals surface area (Å²) in [6.45, 7) is 3.92. The monoisotopic (exact) mass is 563 g/mol. The molecule has 0 bridgehead atoms. The summed E-state index contributed by atoms with van der Waals surface area (Å²) in [6, 6.07) is 15.2. The van der Waals surface area contributed by atoms with Crippen molar-refractivity contribution < 1.29 is 32.0 Å². The van der Waals surface area contributed by atoms with Crippen molar-refractivity contribution in [1.29, 1.82) is 0 Å². The predicted octanol–water partition coefficient (Wildman–Crippen LogP) is 4.95. The molecule has 2 heterocycles. The smallest absolute Gasteiger partial charge is 0.424 e. The second-order valence-corrected chi connectivity index (χ2v) is 12.3. The van der Waals surface area contributed by atoms with Gasteiger partial charge in [0.1, 0.15) is 28.4 Å². The molecule has 3 atom stereocenters. The lowest BCUT2D eigenvalue weighted by molar-refractivity contribution is -0.263. The van der Waals surface area contributed by atoms with Gasteiger partial charge in [0.15, 0.2) is 5.75 Å². The van der Waals surface area contributed by atoms with Crippen molar-refractivity contribution in [2.75, 3.05) is 13.2 Å². The minimum absolute atomic E-state index is 0.0445. The number of aromatic nitrogens is 1. The van der Waals surface area contributed by atoms with Gasteiger partial charge in [0.2, 0.25) is 5.60 Å². The van der Waals surface area contributed by atoms with Gasteiger partial charge in [-0.2, -0.15) is 13.2 Å². The van der Waals surface area contributed by atoms with Crippen LogP contribution in [0.2, 0.25) is 0 Å². The fourth-order valence-electron chi connectivity index (χ4n) is 4.03. The van der Waals surface area contributed by atoms with Crippen molar-refractivity contribution in [2.45, 2.75) is 42.8 Å². The number of alkyl halides is 3. The second-order valence-electron chi connectivity index (χ2n) is 10.3. The number of fused-ring (bicyclic) bond motifs is 1. The lowest BCUT2D eigenvalue weighted by Crippen LogP contribution is -2.52. The summed E-state index contributed by atoms with van der Waals surface area (Å²) in [5, 5.41) is 10.8. The minimum atomic E-state index is -5.16. The molecule has 3 unspecified atom stereocenters. The van der Waals surface area contributed by atoms with E-state index in [-0.39, 0.29) is 29.2 Å². The van der Waals surface area contributed by atoms with Crippen molar-refractivity contribution in [3.05, 3.63) is 89.4 Å². The highest BCUT2D eigenvalue weighted by atomic mass is 32.2. The van der Waals surface area contributed by atoms with E-state index >= 15 is 0 Å². The summed E-state index contributed by atoms with van der Waals surface area (Å²) in [5.41, 5.74) is 0.998. The Hall–Kier alpha value is -2.96. The van der Waals surface area contributed by atoms with Crippen LogP contribution in [0.15, 0.2) is 66.7 Å². The molecule has 0 fully saturated rings. The largest absolute Gasteiger partial charge is 0.598 e. The van der Waals surface area contributed by atoms with Crippen LogP contribution in [-0.4, -0.2) is 38.7 Å². The molecule has 0 aliphatic carbocycles. The van der Waals surface area contributed by atoms with Crippen LogP contribution in [0.25, 0.3) is 17.3 Å². The van der Waals surface area contributed by atoms with Gasteiger partial charge >= 0.3 is 6.18 Å². The number of hydrogen-bond acceptors (Lipinski definition) is 6. The Morgan fingerprint density at radius 1 is 1.13 bits per heavy atom. The SMILES string of the molecule is CC(C)(C)[S+]([O-])NC1(/C=C/c2ccccc2)COc2c1cc(C(O)(CN)C(F)(F)F)nc2-c1ccc(F)cc1. The molecule has 0 radical (unpaired) electrons. The van der Waals surface area contributed by atoms with E-state index < -0.39 is 51.5 Å². The number of aliphatic hydroxyl groups is 1. The van der Waals surface area contributed by atoms with Crippen LogP contribution in [0.3, 0.4) is 0 Å². The summed E-state index contributed by atoms with van der Waals surface area (Å²) in [7, 11) is 0. The third-order valence-corrected chi connectivity index (χ3v) is 8.06. The topological polar surface area (TPSA) is 103 Å². The van der Waals surface area contributed by atoms with Crippen LogP contribution in [0.5, 0.6) is 5.75 Å². The van der Waals surface area contributed by atoms with Crippen LogP contribution >= 0.6 is 0 Å². The zero-order chi connectivity index (χ0) is 28.6. The maximum Gasteiger partial charge on any atom is 0.424 e. The number of hydrogen-bond donors (Lipinski definition) is 3. The molecular weight excluding hydrogens is 534 g/mol. The van der Waals surface area contributed by atoms with E-state index in [1.807, 2.05) is 30.3 Å². The lowest BCUT2D eigenvalue weighted by Gasteiger charge is -2.33. The Morgan fingerprint density at radius 3 is 2.33 bits per heavy atom. The van der Waals surface area contributed by atoms with Crippen molar-refractivity contribution in [2.24, 2.45) is 5.73 Å². The highest BCUT2D eigenvalue weighted by molar-refractivity contribution is 7.90. The van der Waals surface area contributed by atoms with Gasteiger partial charge in [-0.05, 0) is 56.7 Å². The van der Waals surface area contributed by atoms with Crippen LogP contribution in [0, 0.1) is 5.82 Å². The van der Waals surface area contributed by atoms with E-state index in [1.165, 1.54) is 12.1 Å². The number of pyridine rings is 1. The number of rotatable bonds is 7. The first-order valence-corrected chi connectivity index (χ1v) is 13.2. The summed E-state index contributed by atoms with van der Waals surface area (Å²) in [6.07, 6.45) is -1.75. The number of nitrogens with zero attached hydrogens (tertiary/aromatic N) is 1. The molecule has 3 aromatic rings. The number of benzene rings is 2. The van der Waals surface area contributed by atoms with Crippen molar-refractivity contribution in [3.8, 4) is 17.0 Å². The standard InChI is InChI=1S/C28H29F4N3O3S/c1-25(2,3)39(37)35-26(14-13-18-7-5-4-6-8-18)17-38-24-21(26)15-22(27(36,16-33)28(30,31)32)34-23(24)19-9-11-20(29)12-10-19/h4-15,35-36H,16-17,33H2,1-3H3/b14-13+. The molecule has 208 valence electrons. The quantitative estimate of drug-likeness (QED) is 0.278. The lowest BCUT2D eigenvalue weighted by atomic mass is 9.87. The van der Waals surface area contributed by atoms with E-state index in [0.717, 1.165) is 23.8 Å². The van der Waals surface area contributed by atoms with E-state index in [0.29, 0.717) is 0 Å². The molecule has 4 rings (SSSR count). The molecule has 0 saturated carbocycles. The average molecular weight is 564 g/mol. The predicted molar refractivity (Wildman–Crippen MR) is 142 cm³/mol. The van der Waals surface area contributed by atoms with Gasteiger partial charge in [0, 0.05) is 29.0 Å². The van der Waals surface area contributed by atoms with Gasteiger partial charge in [0.05, 0.1) is 5.69 Å². The Bertz CT molecular complexity index is 1350. The van der Waals surface area contributed by atoms with Crippen molar-refractivity contribution in [1.82, 2.24) is 9.71 Å². The number of ether oxygens (including phenoxy) is 1. The summed E-state index contributed by atoms with van der Waals surface area (Å²) in [5.74, 6) is -0.438. The number of nitrogens with one attached hydrogen (secondary N) is 1. The molecule has 0 spiro atoms. The molecular formula is C28H29F4N3O3S. The Kier molecular flexibility index (Phi) is 7.85. The summed E-state index contributed by atoms with van der Waals surface area (Å²) in [4.78, 5) is 4.14. The molecule has 0 amide bonds. The molecule has 1 aromatic heterocycles. The van der Waals surface area contributed by atoms with Crippen molar-refractivity contribution >= 4 is 17.4 Å². The van der Waals surface area contributed by atoms with E-state index in [4.69, 9.17) is 10.5 Å². The zero-order valence-corrected chi connectivity index (χ0v) is 22.4. The molecule has 6 nitrogen and oxygen atoms in total. The number of halogens is 4. The third-order valence-electron chi connectivity index (χ3n) is 6.39. The van der Waals surface area contributed by atoms with E-state index in [1.54, 1.807) is 32.9 Å². The molecule has 11 heteroatoms. The third kappa shape index (κ3) is 5.68. The van der Waals surface area contributed by atoms with Crippen LogP contribution in [0.1, 0.15) is 37.6 Å². The average Bonchev–Trinajstić information content (AvgIpc) is 3.24. The molecule has 39 heavy (non-hydrogen) atoms. The van der Waals surface area contributed by atoms with Crippen molar-refractivity contribution in [3.63, 3.8) is 0 Å². The highest BCUT2D eigenvalue weighted by Crippen LogP contribution is 2.48. The maximum atomic E-state index is 14.1. The van der Waals surface area contributed by atoms with Gasteiger partial charge in [-0.15, -0.1) is 4.72 Å². The van der Waals surface area contributed by atoms with Gasteiger partial charge in [-0.25, -0.2) is 9.37 Å². The van der Waals surface area contributed by atoms with E-state index in [9.17, 15) is 27.2 Å². The summed E-state index contributed by atoms with van der Waals surface area (Å²) >= 11 is -1.69. The Balaban J connectivity index is 2.00. The zero-order valence-electron chi connectivity index (χ0n) is 21.6. The second kappa shape index (κ2) is 10.5. The van der Waals surface area contributed by atoms with Crippen LogP contribution in [-0.2, 0) is 22.5 Å². The molecule has 0 saturated heterocycles. The minimum Gasteiger partial charge on any atom is -0.598 e. The van der Waals surface area contributed by atoms with Gasteiger partial charge < -0.3 is 20.1 Å². The Morgan fingerprint density at radius 2 is 1.77 bits per heavy atom. The fraction of sp³-hybridized carbons (Fsp3) is 0.321. The number of nitrogens with two attached hydrogens (primary N) is 1. The Labute approximate surface area is 227 Å². The molecule has 1 aliphatic rings. The molecule has 2 aromatic carbocycles. The highest BCUT2D eigenvalue weighted by Gasteiger charge is 2.57. The summed E-state index contributed by atoms with van der Waals surface area (Å²) < 4.78 is 77.8. The maximum absolute atomic E-state index is 14.1. The van der Waals surface area contributed by atoms with Crippen LogP contribution < -0.4 is 15.2 Å². The first kappa shape index (κ1) is 29.0. The first-order chi connectivity index (χ1) is 18.2. The van der Waals surface area contributed by atoms with Gasteiger partial charge in [-0.3, -0.25) is 0 Å². The molecule has 1 aliphatic heterocycles. The molecule has 4 N–H and O–H groups in total. The van der Waals surface area contributed by atoms with Gasteiger partial charge in [0.25, 0.3) is 0 Å². The fourth-order valence-corrected chi connectivity index (χ4v) is 4.91.